The van der Waals surface area contributed by atoms with E-state index in [4.69, 9.17) is 0 Å². The van der Waals surface area contributed by atoms with E-state index >= 15 is 0 Å². The molecule has 11 heteroatoms. The summed E-state index contributed by atoms with van der Waals surface area (Å²) in [5.74, 6) is 0.435. The number of nitro benzene ring substituents is 1. The highest BCUT2D eigenvalue weighted by atomic mass is 32.2. The Morgan fingerprint density at radius 1 is 0.974 bits per heavy atom. The molecule has 0 aliphatic rings. The van der Waals surface area contributed by atoms with Gasteiger partial charge in [-0.3, -0.25) is 19.5 Å². The fourth-order valence-corrected chi connectivity index (χ4v) is 5.53. The van der Waals surface area contributed by atoms with Crippen molar-refractivity contribution in [1.82, 2.24) is 20.1 Å². The Kier molecular flexibility index (Phi) is 8.09. The van der Waals surface area contributed by atoms with Gasteiger partial charge in [-0.2, -0.15) is 0 Å². The molecule has 0 bridgehead atoms. The van der Waals surface area contributed by atoms with Crippen molar-refractivity contribution in [3.63, 3.8) is 0 Å². The number of thioether (sulfide) groups is 1. The number of thiophene rings is 1. The van der Waals surface area contributed by atoms with E-state index in [0.29, 0.717) is 33.7 Å². The first kappa shape index (κ1) is 26.3. The van der Waals surface area contributed by atoms with Crippen molar-refractivity contribution in [3.05, 3.63) is 134 Å². The molecular formula is C28H22FN5O3S2. The third-order valence-electron chi connectivity index (χ3n) is 5.90. The molecule has 0 aliphatic heterocycles. The number of aromatic nitrogens is 3. The quantitative estimate of drug-likeness (QED) is 0.121. The van der Waals surface area contributed by atoms with Gasteiger partial charge < -0.3 is 5.32 Å². The number of benzene rings is 3. The van der Waals surface area contributed by atoms with Crippen molar-refractivity contribution in [2.75, 3.05) is 0 Å². The SMILES string of the molecule is O=C(NC(Cc1ccccc1)c1nnc(SCc2ccc(F)cc2)n1-c1ccc([N+](=O)[O-])cc1)c1cccs1. The molecule has 2 aromatic heterocycles. The van der Waals surface area contributed by atoms with Gasteiger partial charge in [0.2, 0.25) is 0 Å². The van der Waals surface area contributed by atoms with Gasteiger partial charge in [0.05, 0.1) is 15.8 Å². The van der Waals surface area contributed by atoms with Gasteiger partial charge in [-0.05, 0) is 53.3 Å². The predicted octanol–water partition coefficient (Wildman–Crippen LogP) is 6.38. The van der Waals surface area contributed by atoms with E-state index < -0.39 is 11.0 Å². The van der Waals surface area contributed by atoms with E-state index in [2.05, 4.69) is 15.5 Å². The molecule has 8 nitrogen and oxygen atoms in total. The van der Waals surface area contributed by atoms with Crippen LogP contribution in [0.2, 0.25) is 0 Å². The van der Waals surface area contributed by atoms with E-state index in [1.807, 2.05) is 41.8 Å². The Balaban J connectivity index is 1.54. The largest absolute Gasteiger partial charge is 0.341 e. The molecule has 0 saturated heterocycles. The van der Waals surface area contributed by atoms with Gasteiger partial charge in [0.25, 0.3) is 11.6 Å². The van der Waals surface area contributed by atoms with Crippen LogP contribution in [0, 0.1) is 15.9 Å². The molecule has 5 rings (SSSR count). The van der Waals surface area contributed by atoms with Gasteiger partial charge in [0.1, 0.15) is 5.82 Å². The summed E-state index contributed by atoms with van der Waals surface area (Å²) in [7, 11) is 0. The topological polar surface area (TPSA) is 103 Å². The molecule has 5 aromatic rings. The summed E-state index contributed by atoms with van der Waals surface area (Å²) in [5, 5.41) is 25.7. The monoisotopic (exact) mass is 559 g/mol. The highest BCUT2D eigenvalue weighted by Gasteiger charge is 2.26. The van der Waals surface area contributed by atoms with Crippen LogP contribution in [0.5, 0.6) is 0 Å². The highest BCUT2D eigenvalue weighted by molar-refractivity contribution is 7.98. The van der Waals surface area contributed by atoms with Crippen LogP contribution < -0.4 is 5.32 Å². The molecule has 39 heavy (non-hydrogen) atoms. The van der Waals surface area contributed by atoms with Gasteiger partial charge in [0.15, 0.2) is 11.0 Å². The second kappa shape index (κ2) is 12.0. The Morgan fingerprint density at radius 2 is 1.72 bits per heavy atom. The highest BCUT2D eigenvalue weighted by Crippen LogP contribution is 2.30. The van der Waals surface area contributed by atoms with E-state index in [0.717, 1.165) is 11.1 Å². The molecule has 1 unspecified atom stereocenters. The summed E-state index contributed by atoms with van der Waals surface area (Å²) in [6, 6.07) is 25.1. The first-order valence-electron chi connectivity index (χ1n) is 11.9. The Bertz CT molecular complexity index is 1560. The lowest BCUT2D eigenvalue weighted by Crippen LogP contribution is -2.31. The Hall–Kier alpha value is -4.35. The van der Waals surface area contributed by atoms with Crippen LogP contribution in [-0.2, 0) is 12.2 Å². The van der Waals surface area contributed by atoms with Crippen molar-refractivity contribution in [1.29, 1.82) is 0 Å². The Morgan fingerprint density at radius 3 is 2.38 bits per heavy atom. The molecule has 0 aliphatic carbocycles. The summed E-state index contributed by atoms with van der Waals surface area (Å²) < 4.78 is 15.2. The molecule has 0 fully saturated rings. The molecule has 196 valence electrons. The van der Waals surface area contributed by atoms with Crippen LogP contribution in [0.4, 0.5) is 10.1 Å². The molecule has 0 saturated carbocycles. The van der Waals surface area contributed by atoms with Crippen LogP contribution in [-0.4, -0.2) is 25.6 Å². The van der Waals surface area contributed by atoms with E-state index in [9.17, 15) is 19.3 Å². The minimum atomic E-state index is -0.551. The maximum absolute atomic E-state index is 13.4. The zero-order valence-corrected chi connectivity index (χ0v) is 22.1. The maximum Gasteiger partial charge on any atom is 0.269 e. The zero-order chi connectivity index (χ0) is 27.2. The van der Waals surface area contributed by atoms with E-state index in [1.165, 1.54) is 47.4 Å². The normalized spacial score (nSPS) is 11.7. The van der Waals surface area contributed by atoms with Crippen molar-refractivity contribution in [3.8, 4) is 5.69 Å². The molecule has 3 aromatic carbocycles. The molecule has 1 amide bonds. The number of halogens is 1. The standard InChI is InChI=1S/C28H22FN5O3S2/c29-21-10-8-20(9-11-21)18-39-28-32-31-26(33(28)22-12-14-23(15-13-22)34(36)37)24(17-19-5-2-1-3-6-19)30-27(35)25-7-4-16-38-25/h1-16,24H,17-18H2,(H,30,35). The molecular weight excluding hydrogens is 537 g/mol. The first-order chi connectivity index (χ1) is 19.0. The van der Waals surface area contributed by atoms with E-state index in [-0.39, 0.29) is 17.4 Å². The molecule has 0 radical (unpaired) electrons. The lowest BCUT2D eigenvalue weighted by Gasteiger charge is -2.20. The van der Waals surface area contributed by atoms with Crippen molar-refractivity contribution < 1.29 is 14.1 Å². The first-order valence-corrected chi connectivity index (χ1v) is 13.8. The summed E-state index contributed by atoms with van der Waals surface area (Å²) >= 11 is 2.74. The van der Waals surface area contributed by atoms with Crippen LogP contribution in [0.25, 0.3) is 5.69 Å². The van der Waals surface area contributed by atoms with Crippen LogP contribution in [0.15, 0.2) is 102 Å². The van der Waals surface area contributed by atoms with Crippen molar-refractivity contribution >= 4 is 34.7 Å². The van der Waals surface area contributed by atoms with Gasteiger partial charge in [-0.15, -0.1) is 21.5 Å². The van der Waals surface area contributed by atoms with Crippen LogP contribution >= 0.6 is 23.1 Å². The fourth-order valence-electron chi connectivity index (χ4n) is 3.99. The number of non-ortho nitro benzene ring substituents is 1. The molecule has 0 spiro atoms. The number of amides is 1. The molecule has 1 atom stereocenters. The number of nitrogens with one attached hydrogen (secondary N) is 1. The van der Waals surface area contributed by atoms with Crippen LogP contribution in [0.3, 0.4) is 0 Å². The number of hydrogen-bond donors (Lipinski definition) is 1. The van der Waals surface area contributed by atoms with Gasteiger partial charge >= 0.3 is 0 Å². The molecule has 1 N–H and O–H groups in total. The molecule has 2 heterocycles. The van der Waals surface area contributed by atoms with Gasteiger partial charge in [0, 0.05) is 23.6 Å². The van der Waals surface area contributed by atoms with E-state index in [1.54, 1.807) is 34.9 Å². The average molecular weight is 560 g/mol. The summed E-state index contributed by atoms with van der Waals surface area (Å²) in [6.45, 7) is 0. The number of nitro groups is 1. The number of carbonyl (C=O) groups excluding carboxylic acids is 1. The van der Waals surface area contributed by atoms with Gasteiger partial charge in [-0.25, -0.2) is 4.39 Å². The minimum Gasteiger partial charge on any atom is -0.341 e. The average Bonchev–Trinajstić information content (AvgIpc) is 3.64. The minimum absolute atomic E-state index is 0.0410. The predicted molar refractivity (Wildman–Crippen MR) is 149 cm³/mol. The summed E-state index contributed by atoms with van der Waals surface area (Å²) in [6.07, 6.45) is 0.450. The maximum atomic E-state index is 13.4. The fraction of sp³-hybridized carbons (Fsp3) is 0.107. The lowest BCUT2D eigenvalue weighted by molar-refractivity contribution is -0.384. The lowest BCUT2D eigenvalue weighted by atomic mass is 10.0. The second-order valence-corrected chi connectivity index (χ2v) is 10.4. The van der Waals surface area contributed by atoms with Crippen LogP contribution in [0.1, 0.15) is 32.7 Å². The van der Waals surface area contributed by atoms with Gasteiger partial charge in [-0.1, -0.05) is 60.3 Å². The number of nitrogens with zero attached hydrogens (tertiary/aromatic N) is 4. The summed E-state index contributed by atoms with van der Waals surface area (Å²) in [4.78, 5) is 24.5. The number of rotatable bonds is 10. The number of carbonyl (C=O) groups is 1. The third-order valence-corrected chi connectivity index (χ3v) is 7.77. The van der Waals surface area contributed by atoms with Crippen molar-refractivity contribution in [2.45, 2.75) is 23.4 Å². The Labute approximate surface area is 231 Å². The number of hydrogen-bond acceptors (Lipinski definition) is 7. The zero-order valence-electron chi connectivity index (χ0n) is 20.4. The van der Waals surface area contributed by atoms with Crippen molar-refractivity contribution in [2.24, 2.45) is 0 Å². The second-order valence-electron chi connectivity index (χ2n) is 8.56. The smallest absolute Gasteiger partial charge is 0.269 e. The summed E-state index contributed by atoms with van der Waals surface area (Å²) in [5.41, 5.74) is 2.46. The third kappa shape index (κ3) is 6.39.